The van der Waals surface area contributed by atoms with Crippen molar-refractivity contribution >= 4 is 17.3 Å². The summed E-state index contributed by atoms with van der Waals surface area (Å²) in [4.78, 5) is 11.9. The molecular formula is C15H22N2O. The molecule has 18 heavy (non-hydrogen) atoms. The maximum Gasteiger partial charge on any atom is 0.224 e. The molecule has 0 radical (unpaired) electrons. The Morgan fingerprint density at radius 2 is 2.11 bits per heavy atom. The summed E-state index contributed by atoms with van der Waals surface area (Å²) in [6.07, 6.45) is 6.91. The number of benzene rings is 1. The predicted molar refractivity (Wildman–Crippen MR) is 75.4 cm³/mol. The van der Waals surface area contributed by atoms with Crippen LogP contribution in [0.4, 0.5) is 11.4 Å². The number of amides is 1. The Morgan fingerprint density at radius 1 is 1.39 bits per heavy atom. The first-order chi connectivity index (χ1) is 8.66. The third-order valence-corrected chi connectivity index (χ3v) is 3.90. The molecule has 1 saturated carbocycles. The highest BCUT2D eigenvalue weighted by Gasteiger charge is 2.16. The van der Waals surface area contributed by atoms with Crippen LogP contribution in [0.25, 0.3) is 0 Å². The molecule has 0 aromatic heterocycles. The van der Waals surface area contributed by atoms with Gasteiger partial charge < -0.3 is 11.1 Å². The molecule has 1 aromatic carbocycles. The van der Waals surface area contributed by atoms with Crippen molar-refractivity contribution in [3.63, 3.8) is 0 Å². The molecule has 0 bridgehead atoms. The Bertz CT molecular complexity index is 423. The van der Waals surface area contributed by atoms with Crippen LogP contribution in [-0.4, -0.2) is 5.91 Å². The highest BCUT2D eigenvalue weighted by atomic mass is 16.1. The van der Waals surface area contributed by atoms with Crippen LogP contribution in [-0.2, 0) is 4.79 Å². The SMILES string of the molecule is Cc1c(N)cccc1NC(=O)CCC1CCCC1. The van der Waals surface area contributed by atoms with Crippen molar-refractivity contribution in [2.24, 2.45) is 5.92 Å². The zero-order valence-electron chi connectivity index (χ0n) is 11.0. The first-order valence-electron chi connectivity index (χ1n) is 6.82. The monoisotopic (exact) mass is 246 g/mol. The summed E-state index contributed by atoms with van der Waals surface area (Å²) in [5.41, 5.74) is 8.33. The van der Waals surface area contributed by atoms with Gasteiger partial charge in [0.05, 0.1) is 0 Å². The first-order valence-corrected chi connectivity index (χ1v) is 6.82. The minimum Gasteiger partial charge on any atom is -0.398 e. The van der Waals surface area contributed by atoms with E-state index in [1.165, 1.54) is 25.7 Å². The topological polar surface area (TPSA) is 55.1 Å². The van der Waals surface area contributed by atoms with E-state index in [2.05, 4.69) is 5.32 Å². The Hall–Kier alpha value is -1.51. The Kier molecular flexibility index (Phi) is 4.24. The highest BCUT2D eigenvalue weighted by molar-refractivity contribution is 5.92. The lowest BCUT2D eigenvalue weighted by Gasteiger charge is -2.11. The molecule has 1 aromatic rings. The summed E-state index contributed by atoms with van der Waals surface area (Å²) < 4.78 is 0. The molecule has 0 heterocycles. The van der Waals surface area contributed by atoms with Gasteiger partial charge in [0.25, 0.3) is 0 Å². The number of carbonyl (C=O) groups excluding carboxylic acids is 1. The molecule has 1 aliphatic rings. The number of nitrogens with two attached hydrogens (primary N) is 1. The molecule has 0 unspecified atom stereocenters. The highest BCUT2D eigenvalue weighted by Crippen LogP contribution is 2.28. The van der Waals surface area contributed by atoms with E-state index in [0.29, 0.717) is 6.42 Å². The zero-order valence-corrected chi connectivity index (χ0v) is 11.0. The molecule has 1 fully saturated rings. The van der Waals surface area contributed by atoms with Crippen LogP contribution in [0.5, 0.6) is 0 Å². The fourth-order valence-corrected chi connectivity index (χ4v) is 2.64. The lowest BCUT2D eigenvalue weighted by molar-refractivity contribution is -0.116. The van der Waals surface area contributed by atoms with E-state index in [1.807, 2.05) is 25.1 Å². The van der Waals surface area contributed by atoms with E-state index in [-0.39, 0.29) is 5.91 Å². The maximum absolute atomic E-state index is 11.9. The van der Waals surface area contributed by atoms with Gasteiger partial charge in [-0.3, -0.25) is 4.79 Å². The Balaban J connectivity index is 1.84. The quantitative estimate of drug-likeness (QED) is 0.799. The predicted octanol–water partition coefficient (Wildman–Crippen LogP) is 3.49. The summed E-state index contributed by atoms with van der Waals surface area (Å²) in [7, 11) is 0. The van der Waals surface area contributed by atoms with Gasteiger partial charge in [0.15, 0.2) is 0 Å². The minimum atomic E-state index is 0.107. The van der Waals surface area contributed by atoms with Crippen LogP contribution < -0.4 is 11.1 Å². The molecule has 1 amide bonds. The van der Waals surface area contributed by atoms with Crippen LogP contribution in [0.15, 0.2) is 18.2 Å². The number of anilines is 2. The summed E-state index contributed by atoms with van der Waals surface area (Å²) in [5.74, 6) is 0.869. The molecule has 2 rings (SSSR count). The number of hydrogen-bond acceptors (Lipinski definition) is 2. The van der Waals surface area contributed by atoms with Crippen LogP contribution in [0.1, 0.15) is 44.1 Å². The standard InChI is InChI=1S/C15H22N2O/c1-11-13(16)7-4-8-14(11)17-15(18)10-9-12-5-2-3-6-12/h4,7-8,12H,2-3,5-6,9-10,16H2,1H3,(H,17,18). The lowest BCUT2D eigenvalue weighted by Crippen LogP contribution is -2.14. The number of nitrogen functional groups attached to an aromatic ring is 1. The van der Waals surface area contributed by atoms with Gasteiger partial charge in [-0.15, -0.1) is 0 Å². The van der Waals surface area contributed by atoms with Crippen molar-refractivity contribution in [2.75, 3.05) is 11.1 Å². The molecule has 0 aliphatic heterocycles. The van der Waals surface area contributed by atoms with Crippen molar-refractivity contribution in [1.82, 2.24) is 0 Å². The van der Waals surface area contributed by atoms with Gasteiger partial charge in [-0.1, -0.05) is 31.7 Å². The third-order valence-electron chi connectivity index (χ3n) is 3.90. The second-order valence-electron chi connectivity index (χ2n) is 5.26. The van der Waals surface area contributed by atoms with Crippen molar-refractivity contribution < 1.29 is 4.79 Å². The number of rotatable bonds is 4. The minimum absolute atomic E-state index is 0.107. The molecule has 98 valence electrons. The van der Waals surface area contributed by atoms with Crippen molar-refractivity contribution in [3.05, 3.63) is 23.8 Å². The van der Waals surface area contributed by atoms with E-state index in [0.717, 1.165) is 29.3 Å². The normalized spacial score (nSPS) is 15.8. The van der Waals surface area contributed by atoms with E-state index < -0.39 is 0 Å². The molecule has 3 nitrogen and oxygen atoms in total. The van der Waals surface area contributed by atoms with Crippen molar-refractivity contribution in [3.8, 4) is 0 Å². The van der Waals surface area contributed by atoms with Crippen LogP contribution >= 0.6 is 0 Å². The number of nitrogens with one attached hydrogen (secondary N) is 1. The van der Waals surface area contributed by atoms with E-state index in [9.17, 15) is 4.79 Å². The molecule has 1 aliphatic carbocycles. The van der Waals surface area contributed by atoms with Gasteiger partial charge in [-0.2, -0.15) is 0 Å². The summed E-state index contributed by atoms with van der Waals surface area (Å²) >= 11 is 0. The van der Waals surface area contributed by atoms with Gasteiger partial charge in [0.2, 0.25) is 5.91 Å². The zero-order chi connectivity index (χ0) is 13.0. The van der Waals surface area contributed by atoms with E-state index in [1.54, 1.807) is 0 Å². The van der Waals surface area contributed by atoms with Crippen molar-refractivity contribution in [1.29, 1.82) is 0 Å². The van der Waals surface area contributed by atoms with Gasteiger partial charge in [0, 0.05) is 17.8 Å². The molecule has 3 N–H and O–H groups in total. The molecular weight excluding hydrogens is 224 g/mol. The molecule has 0 atom stereocenters. The van der Waals surface area contributed by atoms with Crippen molar-refractivity contribution in [2.45, 2.75) is 45.4 Å². The average molecular weight is 246 g/mol. The average Bonchev–Trinajstić information content (AvgIpc) is 2.86. The number of hydrogen-bond donors (Lipinski definition) is 2. The van der Waals surface area contributed by atoms with Gasteiger partial charge >= 0.3 is 0 Å². The Labute approximate surface area is 109 Å². The first kappa shape index (κ1) is 12.9. The second kappa shape index (κ2) is 5.89. The van der Waals surface area contributed by atoms with Gasteiger partial charge in [-0.25, -0.2) is 0 Å². The summed E-state index contributed by atoms with van der Waals surface area (Å²) in [6.45, 7) is 1.93. The van der Waals surface area contributed by atoms with Crippen LogP contribution in [0, 0.1) is 12.8 Å². The van der Waals surface area contributed by atoms with Gasteiger partial charge in [-0.05, 0) is 37.0 Å². The Morgan fingerprint density at radius 3 is 2.83 bits per heavy atom. The molecule has 0 saturated heterocycles. The third kappa shape index (κ3) is 3.25. The fourth-order valence-electron chi connectivity index (χ4n) is 2.64. The smallest absolute Gasteiger partial charge is 0.224 e. The molecule has 3 heteroatoms. The lowest BCUT2D eigenvalue weighted by atomic mass is 10.0. The summed E-state index contributed by atoms with van der Waals surface area (Å²) in [5, 5.41) is 2.96. The summed E-state index contributed by atoms with van der Waals surface area (Å²) in [6, 6.07) is 5.62. The van der Waals surface area contributed by atoms with Crippen LogP contribution in [0.3, 0.4) is 0 Å². The molecule has 0 spiro atoms. The number of carbonyl (C=O) groups is 1. The fraction of sp³-hybridized carbons (Fsp3) is 0.533. The maximum atomic E-state index is 11.9. The van der Waals surface area contributed by atoms with E-state index in [4.69, 9.17) is 5.73 Å². The van der Waals surface area contributed by atoms with E-state index >= 15 is 0 Å². The largest absolute Gasteiger partial charge is 0.398 e. The van der Waals surface area contributed by atoms with Gasteiger partial charge in [0.1, 0.15) is 0 Å². The van der Waals surface area contributed by atoms with Crippen LogP contribution in [0.2, 0.25) is 0 Å². The second-order valence-corrected chi connectivity index (χ2v) is 5.26.